The molecule has 0 spiro atoms. The molecule has 0 bridgehead atoms. The molecule has 4 rings (SSSR count). The third kappa shape index (κ3) is 3.51. The fourth-order valence-electron chi connectivity index (χ4n) is 3.23. The molecule has 5 heteroatoms. The topological polar surface area (TPSA) is 52.7 Å². The van der Waals surface area contributed by atoms with E-state index in [9.17, 15) is 5.11 Å². The Labute approximate surface area is 147 Å². The van der Waals surface area contributed by atoms with Crippen LogP contribution in [0.4, 0.5) is 5.69 Å². The first-order valence-corrected chi connectivity index (χ1v) is 8.56. The first-order valence-electron chi connectivity index (χ1n) is 8.56. The summed E-state index contributed by atoms with van der Waals surface area (Å²) in [7, 11) is 0. The van der Waals surface area contributed by atoms with Crippen LogP contribution >= 0.6 is 0 Å². The van der Waals surface area contributed by atoms with E-state index in [1.54, 1.807) is 6.07 Å². The standard InChI is InChI=1S/C20H21N3O2/c24-19-9-5-4-8-18(19)23-12-10-22(11-13-23)15-17-14-20(25-21-17)16-6-2-1-3-7-16/h1-9,14,24H,10-13,15H2. The second-order valence-electron chi connectivity index (χ2n) is 6.30. The Bertz CT molecular complexity index is 824. The van der Waals surface area contributed by atoms with Crippen molar-refractivity contribution >= 4 is 5.69 Å². The van der Waals surface area contributed by atoms with Crippen molar-refractivity contribution < 1.29 is 9.63 Å². The number of aromatic nitrogens is 1. The van der Waals surface area contributed by atoms with Crippen molar-refractivity contribution in [3.8, 4) is 17.1 Å². The van der Waals surface area contributed by atoms with Crippen LogP contribution in [0, 0.1) is 0 Å². The summed E-state index contributed by atoms with van der Waals surface area (Å²) < 4.78 is 5.48. The summed E-state index contributed by atoms with van der Waals surface area (Å²) >= 11 is 0. The molecule has 2 heterocycles. The maximum absolute atomic E-state index is 10.00. The molecule has 1 saturated heterocycles. The van der Waals surface area contributed by atoms with Gasteiger partial charge in [0.1, 0.15) is 5.75 Å². The van der Waals surface area contributed by atoms with E-state index in [-0.39, 0.29) is 0 Å². The van der Waals surface area contributed by atoms with Gasteiger partial charge < -0.3 is 14.5 Å². The zero-order valence-electron chi connectivity index (χ0n) is 14.0. The number of phenolic OH excluding ortho intramolecular Hbond substituents is 1. The largest absolute Gasteiger partial charge is 0.506 e. The van der Waals surface area contributed by atoms with Crippen molar-refractivity contribution in [1.29, 1.82) is 0 Å². The van der Waals surface area contributed by atoms with Crippen molar-refractivity contribution in [3.63, 3.8) is 0 Å². The van der Waals surface area contributed by atoms with Gasteiger partial charge in [0.05, 0.1) is 11.4 Å². The number of piperazine rings is 1. The summed E-state index contributed by atoms with van der Waals surface area (Å²) in [6.07, 6.45) is 0. The van der Waals surface area contributed by atoms with Gasteiger partial charge in [0.15, 0.2) is 5.76 Å². The smallest absolute Gasteiger partial charge is 0.167 e. The van der Waals surface area contributed by atoms with Crippen LogP contribution in [0.5, 0.6) is 5.75 Å². The summed E-state index contributed by atoms with van der Waals surface area (Å²) in [5.41, 5.74) is 2.91. The van der Waals surface area contributed by atoms with Gasteiger partial charge in [-0.05, 0) is 12.1 Å². The van der Waals surface area contributed by atoms with Gasteiger partial charge in [-0.3, -0.25) is 4.90 Å². The molecule has 1 aliphatic heterocycles. The Balaban J connectivity index is 1.36. The molecule has 0 unspecified atom stereocenters. The summed E-state index contributed by atoms with van der Waals surface area (Å²) in [5, 5.41) is 14.2. The predicted molar refractivity (Wildman–Crippen MR) is 97.5 cm³/mol. The van der Waals surface area contributed by atoms with Crippen molar-refractivity contribution in [2.45, 2.75) is 6.54 Å². The maximum atomic E-state index is 10.00. The molecule has 128 valence electrons. The maximum Gasteiger partial charge on any atom is 0.167 e. The van der Waals surface area contributed by atoms with Crippen LogP contribution in [-0.2, 0) is 6.54 Å². The van der Waals surface area contributed by atoms with Crippen LogP contribution in [0.15, 0.2) is 65.2 Å². The fourth-order valence-corrected chi connectivity index (χ4v) is 3.23. The lowest BCUT2D eigenvalue weighted by Gasteiger charge is -2.35. The number of aromatic hydroxyl groups is 1. The molecule has 0 atom stereocenters. The van der Waals surface area contributed by atoms with Gasteiger partial charge in [-0.15, -0.1) is 0 Å². The number of rotatable bonds is 4. The molecule has 5 nitrogen and oxygen atoms in total. The van der Waals surface area contributed by atoms with Gasteiger partial charge in [0, 0.05) is 44.4 Å². The molecular formula is C20H21N3O2. The average Bonchev–Trinajstić information content (AvgIpc) is 3.12. The van der Waals surface area contributed by atoms with Crippen LogP contribution in [0.1, 0.15) is 5.69 Å². The molecule has 1 fully saturated rings. The molecule has 1 aliphatic rings. The normalized spacial score (nSPS) is 15.4. The highest BCUT2D eigenvalue weighted by Crippen LogP contribution is 2.27. The zero-order valence-corrected chi connectivity index (χ0v) is 14.0. The number of nitrogens with zero attached hydrogens (tertiary/aromatic N) is 3. The monoisotopic (exact) mass is 335 g/mol. The van der Waals surface area contributed by atoms with Gasteiger partial charge in [-0.1, -0.05) is 47.6 Å². The molecule has 2 aromatic carbocycles. The second-order valence-corrected chi connectivity index (χ2v) is 6.30. The Hall–Kier alpha value is -2.79. The van der Waals surface area contributed by atoms with Gasteiger partial charge >= 0.3 is 0 Å². The molecular weight excluding hydrogens is 314 g/mol. The van der Waals surface area contributed by atoms with Crippen molar-refractivity contribution in [2.24, 2.45) is 0 Å². The minimum Gasteiger partial charge on any atom is -0.506 e. The lowest BCUT2D eigenvalue weighted by atomic mass is 10.1. The Morgan fingerprint density at radius 2 is 1.64 bits per heavy atom. The first kappa shape index (κ1) is 15.7. The van der Waals surface area contributed by atoms with Gasteiger partial charge in [-0.25, -0.2) is 0 Å². The van der Waals surface area contributed by atoms with E-state index >= 15 is 0 Å². The number of para-hydroxylation sites is 2. The molecule has 0 radical (unpaired) electrons. The molecule has 1 aromatic heterocycles. The number of hydrogen-bond donors (Lipinski definition) is 1. The van der Waals surface area contributed by atoms with E-state index < -0.39 is 0 Å². The van der Waals surface area contributed by atoms with E-state index in [0.717, 1.165) is 55.4 Å². The number of benzene rings is 2. The lowest BCUT2D eigenvalue weighted by Crippen LogP contribution is -2.46. The highest BCUT2D eigenvalue weighted by atomic mass is 16.5. The molecule has 0 amide bonds. The molecule has 0 aliphatic carbocycles. The minimum atomic E-state index is 0.347. The lowest BCUT2D eigenvalue weighted by molar-refractivity contribution is 0.242. The molecule has 25 heavy (non-hydrogen) atoms. The minimum absolute atomic E-state index is 0.347. The average molecular weight is 335 g/mol. The Morgan fingerprint density at radius 3 is 2.40 bits per heavy atom. The third-order valence-electron chi connectivity index (χ3n) is 4.60. The third-order valence-corrected chi connectivity index (χ3v) is 4.60. The quantitative estimate of drug-likeness (QED) is 0.792. The van der Waals surface area contributed by atoms with E-state index in [0.29, 0.717) is 5.75 Å². The second kappa shape index (κ2) is 6.99. The molecule has 0 saturated carbocycles. The van der Waals surface area contributed by atoms with E-state index in [1.165, 1.54) is 0 Å². The predicted octanol–water partition coefficient (Wildman–Crippen LogP) is 3.37. The van der Waals surface area contributed by atoms with Crippen LogP contribution < -0.4 is 4.90 Å². The van der Waals surface area contributed by atoms with Crippen molar-refractivity contribution in [2.75, 3.05) is 31.1 Å². The fraction of sp³-hybridized carbons (Fsp3) is 0.250. The van der Waals surface area contributed by atoms with Crippen LogP contribution in [0.3, 0.4) is 0 Å². The first-order chi connectivity index (χ1) is 12.3. The highest BCUT2D eigenvalue weighted by Gasteiger charge is 2.20. The number of phenols is 1. The summed E-state index contributed by atoms with van der Waals surface area (Å²) in [4.78, 5) is 4.59. The summed E-state index contributed by atoms with van der Waals surface area (Å²) in [5.74, 6) is 1.16. The molecule has 1 N–H and O–H groups in total. The Kier molecular flexibility index (Phi) is 4.39. The summed E-state index contributed by atoms with van der Waals surface area (Å²) in [6.45, 7) is 4.43. The van der Waals surface area contributed by atoms with Crippen molar-refractivity contribution in [3.05, 3.63) is 66.4 Å². The van der Waals surface area contributed by atoms with Crippen LogP contribution in [-0.4, -0.2) is 41.3 Å². The SMILES string of the molecule is Oc1ccccc1N1CCN(Cc2cc(-c3ccccc3)on2)CC1. The zero-order chi connectivity index (χ0) is 17.1. The number of hydrogen-bond acceptors (Lipinski definition) is 5. The number of anilines is 1. The van der Waals surface area contributed by atoms with Gasteiger partial charge in [0.25, 0.3) is 0 Å². The van der Waals surface area contributed by atoms with Gasteiger partial charge in [-0.2, -0.15) is 0 Å². The van der Waals surface area contributed by atoms with Gasteiger partial charge in [0.2, 0.25) is 0 Å². The van der Waals surface area contributed by atoms with Crippen LogP contribution in [0.25, 0.3) is 11.3 Å². The van der Waals surface area contributed by atoms with Crippen molar-refractivity contribution in [1.82, 2.24) is 10.1 Å². The Morgan fingerprint density at radius 1 is 0.920 bits per heavy atom. The van der Waals surface area contributed by atoms with E-state index in [2.05, 4.69) is 15.0 Å². The van der Waals surface area contributed by atoms with Crippen LogP contribution in [0.2, 0.25) is 0 Å². The molecule has 3 aromatic rings. The highest BCUT2D eigenvalue weighted by molar-refractivity contribution is 5.58. The summed E-state index contributed by atoms with van der Waals surface area (Å²) in [6, 6.07) is 19.6. The van der Waals surface area contributed by atoms with E-state index in [1.807, 2.05) is 54.6 Å². The van der Waals surface area contributed by atoms with E-state index in [4.69, 9.17) is 4.52 Å².